The van der Waals surface area contributed by atoms with Crippen molar-refractivity contribution in [1.82, 2.24) is 5.32 Å². The lowest BCUT2D eigenvalue weighted by molar-refractivity contribution is -0.117. The number of ketones is 1. The average molecular weight is 302 g/mol. The summed E-state index contributed by atoms with van der Waals surface area (Å²) >= 11 is 0. The maximum atomic E-state index is 14.0. The molecular formula is C17H19FN2O2. The van der Waals surface area contributed by atoms with Crippen LogP contribution in [0.15, 0.2) is 47.8 Å². The summed E-state index contributed by atoms with van der Waals surface area (Å²) in [6.45, 7) is 4.00. The fraction of sp³-hybridized carbons (Fsp3) is 0.294. The van der Waals surface area contributed by atoms with E-state index in [2.05, 4.69) is 10.6 Å². The van der Waals surface area contributed by atoms with Crippen LogP contribution < -0.4 is 10.6 Å². The van der Waals surface area contributed by atoms with Crippen molar-refractivity contribution in [3.05, 3.63) is 53.4 Å². The first-order chi connectivity index (χ1) is 10.6. The third-order valence-electron chi connectivity index (χ3n) is 3.61. The molecule has 3 rings (SSSR count). The average Bonchev–Trinajstić information content (AvgIpc) is 2.56. The van der Waals surface area contributed by atoms with Gasteiger partial charge in [0.25, 0.3) is 5.91 Å². The zero-order chi connectivity index (χ0) is 16.3. The molecule has 22 heavy (non-hydrogen) atoms. The molecule has 1 heterocycles. The number of halogens is 1. The first kappa shape index (κ1) is 15.9. The highest BCUT2D eigenvalue weighted by molar-refractivity contribution is 6.07. The van der Waals surface area contributed by atoms with Crippen LogP contribution in [-0.4, -0.2) is 24.8 Å². The number of benzene rings is 1. The van der Waals surface area contributed by atoms with E-state index in [0.29, 0.717) is 11.3 Å². The van der Waals surface area contributed by atoms with Crippen molar-refractivity contribution < 1.29 is 14.0 Å². The van der Waals surface area contributed by atoms with Crippen LogP contribution in [0.3, 0.4) is 0 Å². The highest BCUT2D eigenvalue weighted by Crippen LogP contribution is 2.34. The van der Waals surface area contributed by atoms with Gasteiger partial charge in [0.05, 0.1) is 17.5 Å². The summed E-state index contributed by atoms with van der Waals surface area (Å²) in [5.41, 5.74) is 1.23. The van der Waals surface area contributed by atoms with Gasteiger partial charge in [0.1, 0.15) is 5.83 Å². The van der Waals surface area contributed by atoms with Gasteiger partial charge >= 0.3 is 0 Å². The van der Waals surface area contributed by atoms with Crippen molar-refractivity contribution in [3.8, 4) is 0 Å². The molecule has 0 bridgehead atoms. The number of likely N-dealkylation sites (N-methyl/N-ethyl adjacent to an activating group) is 1. The van der Waals surface area contributed by atoms with Crippen molar-refractivity contribution in [2.24, 2.45) is 5.92 Å². The highest BCUT2D eigenvalue weighted by Gasteiger charge is 2.37. The molecule has 0 radical (unpaired) electrons. The summed E-state index contributed by atoms with van der Waals surface area (Å²) in [6.07, 6.45) is 2.70. The number of hydrogen-bond donors (Lipinski definition) is 2. The van der Waals surface area contributed by atoms with Gasteiger partial charge in [0, 0.05) is 18.3 Å². The number of carbonyl (C=O) groups is 2. The molecule has 0 aromatic heterocycles. The Kier molecular flexibility index (Phi) is 4.75. The Morgan fingerprint density at radius 3 is 2.59 bits per heavy atom. The maximum absolute atomic E-state index is 14.0. The predicted molar refractivity (Wildman–Crippen MR) is 84.4 cm³/mol. The molecule has 2 atom stereocenters. The van der Waals surface area contributed by atoms with E-state index in [0.717, 1.165) is 0 Å². The fourth-order valence-corrected chi connectivity index (χ4v) is 2.59. The van der Waals surface area contributed by atoms with E-state index in [1.807, 2.05) is 19.9 Å². The van der Waals surface area contributed by atoms with Crippen LogP contribution in [0.1, 0.15) is 24.2 Å². The molecule has 0 saturated heterocycles. The van der Waals surface area contributed by atoms with Crippen LogP contribution in [0.4, 0.5) is 10.1 Å². The van der Waals surface area contributed by atoms with Gasteiger partial charge in [-0.2, -0.15) is 0 Å². The smallest absolute Gasteiger partial charge is 0.253 e. The molecule has 2 N–H and O–H groups in total. The molecule has 1 aliphatic heterocycles. The van der Waals surface area contributed by atoms with Crippen LogP contribution in [0.2, 0.25) is 0 Å². The Labute approximate surface area is 129 Å². The zero-order valence-electron chi connectivity index (χ0n) is 12.8. The van der Waals surface area contributed by atoms with Crippen molar-refractivity contribution in [2.75, 3.05) is 12.4 Å². The number of Topliss-reactive ketones (excluding diaryl/α,β-unsaturated/α-hetero) is 1. The topological polar surface area (TPSA) is 58.2 Å². The monoisotopic (exact) mass is 302 g/mol. The third-order valence-corrected chi connectivity index (χ3v) is 3.61. The molecule has 1 aliphatic carbocycles. The van der Waals surface area contributed by atoms with Crippen LogP contribution in [0.25, 0.3) is 0 Å². The predicted octanol–water partition coefficient (Wildman–Crippen LogP) is 2.85. The molecule has 0 fully saturated rings. The van der Waals surface area contributed by atoms with Crippen molar-refractivity contribution in [3.63, 3.8) is 0 Å². The molecule has 5 heteroatoms. The standard InChI is InChI=1S/C15H13FN2O2.C2H6/c1-17-15(20)9-7-13-10(6-11(9)16)14(19)8-4-2-3-5-12(8)18-13;1-2/h2-7,10,13,18H,1H3,(H,17,20);1-2H3. The van der Waals surface area contributed by atoms with Gasteiger partial charge in [-0.05, 0) is 24.3 Å². The molecule has 1 amide bonds. The van der Waals surface area contributed by atoms with Crippen LogP contribution >= 0.6 is 0 Å². The molecule has 2 aliphatic rings. The number of hydrogen-bond acceptors (Lipinski definition) is 3. The minimum absolute atomic E-state index is 0.0339. The normalized spacial score (nSPS) is 21.9. The summed E-state index contributed by atoms with van der Waals surface area (Å²) < 4.78 is 14.0. The molecule has 1 aromatic carbocycles. The minimum atomic E-state index is -0.653. The number of carbonyl (C=O) groups excluding carboxylic acids is 2. The summed E-state index contributed by atoms with van der Waals surface area (Å²) in [5.74, 6) is -1.89. The van der Waals surface area contributed by atoms with Crippen molar-refractivity contribution >= 4 is 17.4 Å². The Balaban J connectivity index is 0.000000847. The van der Waals surface area contributed by atoms with Gasteiger partial charge < -0.3 is 10.6 Å². The van der Waals surface area contributed by atoms with E-state index < -0.39 is 23.7 Å². The maximum Gasteiger partial charge on any atom is 0.253 e. The number of amides is 1. The molecule has 4 nitrogen and oxygen atoms in total. The molecule has 0 spiro atoms. The summed E-state index contributed by atoms with van der Waals surface area (Å²) in [6, 6.07) is 6.70. The number of fused-ring (bicyclic) bond motifs is 2. The van der Waals surface area contributed by atoms with Crippen molar-refractivity contribution in [2.45, 2.75) is 19.9 Å². The van der Waals surface area contributed by atoms with Crippen LogP contribution in [0.5, 0.6) is 0 Å². The van der Waals surface area contributed by atoms with E-state index in [9.17, 15) is 14.0 Å². The summed E-state index contributed by atoms with van der Waals surface area (Å²) in [7, 11) is 1.44. The van der Waals surface area contributed by atoms with E-state index >= 15 is 0 Å². The largest absolute Gasteiger partial charge is 0.377 e. The molecule has 0 saturated carbocycles. The zero-order valence-corrected chi connectivity index (χ0v) is 12.8. The Hall–Kier alpha value is -2.43. The lowest BCUT2D eigenvalue weighted by Crippen LogP contribution is -2.40. The second-order valence-corrected chi connectivity index (χ2v) is 4.78. The quantitative estimate of drug-likeness (QED) is 0.838. The lowest BCUT2D eigenvalue weighted by atomic mass is 9.81. The first-order valence-corrected chi connectivity index (χ1v) is 7.33. The van der Waals surface area contributed by atoms with Crippen LogP contribution in [-0.2, 0) is 4.79 Å². The van der Waals surface area contributed by atoms with E-state index in [-0.39, 0.29) is 11.4 Å². The van der Waals surface area contributed by atoms with Gasteiger partial charge in [0.15, 0.2) is 5.78 Å². The Morgan fingerprint density at radius 1 is 1.23 bits per heavy atom. The van der Waals surface area contributed by atoms with Gasteiger partial charge in [-0.1, -0.05) is 26.0 Å². The Morgan fingerprint density at radius 2 is 1.91 bits per heavy atom. The number of nitrogens with one attached hydrogen (secondary N) is 2. The van der Waals surface area contributed by atoms with Gasteiger partial charge in [-0.3, -0.25) is 9.59 Å². The van der Waals surface area contributed by atoms with E-state index in [1.54, 1.807) is 18.2 Å². The van der Waals surface area contributed by atoms with Gasteiger partial charge in [-0.25, -0.2) is 4.39 Å². The first-order valence-electron chi connectivity index (χ1n) is 7.33. The second kappa shape index (κ2) is 6.56. The molecule has 2 unspecified atom stereocenters. The summed E-state index contributed by atoms with van der Waals surface area (Å²) in [5, 5.41) is 5.56. The van der Waals surface area contributed by atoms with Gasteiger partial charge in [0.2, 0.25) is 0 Å². The molecule has 116 valence electrons. The van der Waals surface area contributed by atoms with Crippen LogP contribution in [0, 0.1) is 5.92 Å². The van der Waals surface area contributed by atoms with Gasteiger partial charge in [-0.15, -0.1) is 0 Å². The number of para-hydroxylation sites is 1. The fourth-order valence-electron chi connectivity index (χ4n) is 2.59. The Bertz CT molecular complexity index is 664. The highest BCUT2D eigenvalue weighted by atomic mass is 19.1. The number of rotatable bonds is 1. The third kappa shape index (κ3) is 2.66. The van der Waals surface area contributed by atoms with Crippen molar-refractivity contribution in [1.29, 1.82) is 0 Å². The van der Waals surface area contributed by atoms with E-state index in [1.165, 1.54) is 19.2 Å². The van der Waals surface area contributed by atoms with E-state index in [4.69, 9.17) is 0 Å². The molecule has 1 aromatic rings. The second-order valence-electron chi connectivity index (χ2n) is 4.78. The summed E-state index contributed by atoms with van der Waals surface area (Å²) in [4.78, 5) is 24.0. The lowest BCUT2D eigenvalue weighted by Gasteiger charge is -2.32. The molecular weight excluding hydrogens is 283 g/mol. The number of anilines is 1. The minimum Gasteiger partial charge on any atom is -0.377 e. The SMILES string of the molecule is CC.CNC(=O)C1=CC2Nc3ccccc3C(=O)C2C=C1F.